The van der Waals surface area contributed by atoms with Crippen LogP contribution < -0.4 is 0 Å². The molecule has 0 bridgehead atoms. The highest BCUT2D eigenvalue weighted by atomic mass is 79.9. The Hall–Kier alpha value is -0.880. The minimum absolute atomic E-state index is 0.0437. The lowest BCUT2D eigenvalue weighted by molar-refractivity contribution is -0.132. The lowest BCUT2D eigenvalue weighted by Gasteiger charge is -2.29. The molecule has 1 aliphatic rings. The van der Waals surface area contributed by atoms with Crippen LogP contribution in [0.25, 0.3) is 0 Å². The Morgan fingerprint density at radius 1 is 1.35 bits per heavy atom. The molecule has 0 unspecified atom stereocenters. The predicted octanol–water partition coefficient (Wildman–Crippen LogP) is 2.16. The van der Waals surface area contributed by atoms with Gasteiger partial charge in [-0.2, -0.15) is 0 Å². The molecule has 1 aliphatic heterocycles. The maximum absolute atomic E-state index is 12.1. The van der Waals surface area contributed by atoms with Crippen LogP contribution in [0.5, 0.6) is 0 Å². The van der Waals surface area contributed by atoms with Crippen molar-refractivity contribution in [2.24, 2.45) is 0 Å². The molecule has 1 heterocycles. The molecule has 0 aliphatic carbocycles. The average molecular weight is 360 g/mol. The first-order valence-electron chi connectivity index (χ1n) is 6.58. The summed E-state index contributed by atoms with van der Waals surface area (Å²) in [5.41, 5.74) is 2.45. The van der Waals surface area contributed by atoms with E-state index in [0.717, 1.165) is 10.9 Å². The zero-order chi connectivity index (χ0) is 14.8. The second-order valence-corrected chi connectivity index (χ2v) is 8.39. The van der Waals surface area contributed by atoms with Gasteiger partial charge < -0.3 is 4.90 Å². The van der Waals surface area contributed by atoms with Crippen LogP contribution in [-0.2, 0) is 27.6 Å². The van der Waals surface area contributed by atoms with Gasteiger partial charge in [-0.05, 0) is 36.1 Å². The lowest BCUT2D eigenvalue weighted by Crippen LogP contribution is -2.36. The maximum Gasteiger partial charge on any atom is 0.222 e. The van der Waals surface area contributed by atoms with Crippen molar-refractivity contribution in [3.8, 4) is 0 Å². The van der Waals surface area contributed by atoms with Crippen molar-refractivity contribution in [3.05, 3.63) is 33.8 Å². The minimum Gasteiger partial charge on any atom is -0.338 e. The fourth-order valence-corrected chi connectivity index (χ4v) is 3.46. The van der Waals surface area contributed by atoms with Crippen molar-refractivity contribution in [1.82, 2.24) is 4.90 Å². The number of hydrogen-bond donors (Lipinski definition) is 0. The Bertz CT molecular complexity index is 613. The zero-order valence-corrected chi connectivity index (χ0v) is 13.8. The number of carbonyl (C=O) groups is 1. The van der Waals surface area contributed by atoms with Crippen LogP contribution in [-0.4, -0.2) is 37.8 Å². The smallest absolute Gasteiger partial charge is 0.222 e. The molecule has 0 atom stereocenters. The standard InChI is InChI=1S/C14H18BrNO3S/c1-20(18,19)8-2-3-14(17)16-7-6-11-9-13(15)5-4-12(11)10-16/h4-5,9H,2-3,6-8,10H2,1H3. The summed E-state index contributed by atoms with van der Waals surface area (Å²) in [5, 5.41) is 0. The molecule has 0 saturated carbocycles. The third kappa shape index (κ3) is 4.31. The van der Waals surface area contributed by atoms with Crippen molar-refractivity contribution < 1.29 is 13.2 Å². The molecule has 0 N–H and O–H groups in total. The quantitative estimate of drug-likeness (QED) is 0.827. The van der Waals surface area contributed by atoms with E-state index in [1.54, 1.807) is 0 Å². The molecule has 110 valence electrons. The molecule has 4 nitrogen and oxygen atoms in total. The highest BCUT2D eigenvalue weighted by molar-refractivity contribution is 9.10. The van der Waals surface area contributed by atoms with Gasteiger partial charge in [-0.3, -0.25) is 4.79 Å². The van der Waals surface area contributed by atoms with E-state index in [2.05, 4.69) is 22.0 Å². The summed E-state index contributed by atoms with van der Waals surface area (Å²) in [4.78, 5) is 13.9. The molecule has 1 aromatic rings. The third-order valence-corrected chi connectivity index (χ3v) is 4.96. The number of benzene rings is 1. The Morgan fingerprint density at radius 2 is 2.10 bits per heavy atom. The fraction of sp³-hybridized carbons (Fsp3) is 0.500. The van der Waals surface area contributed by atoms with Crippen molar-refractivity contribution in [2.45, 2.75) is 25.8 Å². The number of amides is 1. The van der Waals surface area contributed by atoms with Crippen LogP contribution in [0.15, 0.2) is 22.7 Å². The summed E-state index contributed by atoms with van der Waals surface area (Å²) in [5.74, 6) is 0.123. The van der Waals surface area contributed by atoms with E-state index in [4.69, 9.17) is 0 Å². The molecule has 2 rings (SSSR count). The summed E-state index contributed by atoms with van der Waals surface area (Å²) in [7, 11) is -2.98. The summed E-state index contributed by atoms with van der Waals surface area (Å²) >= 11 is 3.45. The van der Waals surface area contributed by atoms with Crippen molar-refractivity contribution in [2.75, 3.05) is 18.6 Å². The molecule has 0 saturated heterocycles. The summed E-state index contributed by atoms with van der Waals surface area (Å²) in [6.45, 7) is 1.33. The molecule has 20 heavy (non-hydrogen) atoms. The largest absolute Gasteiger partial charge is 0.338 e. The first kappa shape index (κ1) is 15.5. The van der Waals surface area contributed by atoms with Crippen LogP contribution in [0, 0.1) is 0 Å². The minimum atomic E-state index is -2.98. The zero-order valence-electron chi connectivity index (χ0n) is 11.4. The van der Waals surface area contributed by atoms with Gasteiger partial charge in [0, 0.05) is 30.2 Å². The van der Waals surface area contributed by atoms with Gasteiger partial charge in [-0.15, -0.1) is 0 Å². The van der Waals surface area contributed by atoms with Gasteiger partial charge in [0.2, 0.25) is 5.91 Å². The van der Waals surface area contributed by atoms with Gasteiger partial charge in [0.05, 0.1) is 5.75 Å². The third-order valence-electron chi connectivity index (χ3n) is 3.44. The second-order valence-electron chi connectivity index (χ2n) is 5.21. The van der Waals surface area contributed by atoms with E-state index in [-0.39, 0.29) is 11.7 Å². The average Bonchev–Trinajstić information content (AvgIpc) is 2.36. The Kier molecular flexibility index (Phi) is 4.86. The fourth-order valence-electron chi connectivity index (χ4n) is 2.38. The molecule has 0 aromatic heterocycles. The highest BCUT2D eigenvalue weighted by Gasteiger charge is 2.20. The molecule has 0 spiro atoms. The number of sulfone groups is 1. The molecule has 0 fully saturated rings. The first-order chi connectivity index (χ1) is 9.35. The molecule has 1 amide bonds. The van der Waals surface area contributed by atoms with Crippen LogP contribution in [0.4, 0.5) is 0 Å². The van der Waals surface area contributed by atoms with Gasteiger partial charge in [0.15, 0.2) is 0 Å². The SMILES string of the molecule is CS(=O)(=O)CCCC(=O)N1CCc2cc(Br)ccc2C1. The van der Waals surface area contributed by atoms with Crippen molar-refractivity contribution in [1.29, 1.82) is 0 Å². The second kappa shape index (κ2) is 6.26. The van der Waals surface area contributed by atoms with E-state index in [1.165, 1.54) is 17.4 Å². The van der Waals surface area contributed by atoms with Crippen LogP contribution in [0.2, 0.25) is 0 Å². The normalized spacial score (nSPS) is 15.0. The van der Waals surface area contributed by atoms with Crippen molar-refractivity contribution >= 4 is 31.7 Å². The van der Waals surface area contributed by atoms with Gasteiger partial charge in [-0.1, -0.05) is 22.0 Å². The molecule has 0 radical (unpaired) electrons. The molecule has 1 aromatic carbocycles. The molecular weight excluding hydrogens is 342 g/mol. The van der Waals surface area contributed by atoms with Gasteiger partial charge >= 0.3 is 0 Å². The number of carbonyl (C=O) groups excluding carboxylic acids is 1. The van der Waals surface area contributed by atoms with E-state index in [0.29, 0.717) is 25.9 Å². The number of fused-ring (bicyclic) bond motifs is 1. The summed E-state index contributed by atoms with van der Waals surface area (Å²) < 4.78 is 23.2. The monoisotopic (exact) mass is 359 g/mol. The van der Waals surface area contributed by atoms with E-state index in [1.807, 2.05) is 17.0 Å². The molecular formula is C14H18BrNO3S. The van der Waals surface area contributed by atoms with Gasteiger partial charge in [-0.25, -0.2) is 8.42 Å². The van der Waals surface area contributed by atoms with Crippen molar-refractivity contribution in [3.63, 3.8) is 0 Å². The number of nitrogens with zero attached hydrogens (tertiary/aromatic N) is 1. The Labute approximate surface area is 128 Å². The van der Waals surface area contributed by atoms with Crippen LogP contribution >= 0.6 is 15.9 Å². The first-order valence-corrected chi connectivity index (χ1v) is 9.43. The van der Waals surface area contributed by atoms with E-state index >= 15 is 0 Å². The van der Waals surface area contributed by atoms with Crippen LogP contribution in [0.3, 0.4) is 0 Å². The summed E-state index contributed by atoms with van der Waals surface area (Å²) in [6, 6.07) is 6.12. The van der Waals surface area contributed by atoms with E-state index in [9.17, 15) is 13.2 Å². The van der Waals surface area contributed by atoms with Gasteiger partial charge in [0.1, 0.15) is 9.84 Å². The van der Waals surface area contributed by atoms with Gasteiger partial charge in [0.25, 0.3) is 0 Å². The maximum atomic E-state index is 12.1. The van der Waals surface area contributed by atoms with E-state index < -0.39 is 9.84 Å². The molecule has 6 heteroatoms. The predicted molar refractivity (Wildman–Crippen MR) is 82.2 cm³/mol. The Balaban J connectivity index is 1.92. The number of rotatable bonds is 4. The highest BCUT2D eigenvalue weighted by Crippen LogP contribution is 2.23. The van der Waals surface area contributed by atoms with Crippen LogP contribution in [0.1, 0.15) is 24.0 Å². The topological polar surface area (TPSA) is 54.5 Å². The summed E-state index contributed by atoms with van der Waals surface area (Å²) in [6.07, 6.45) is 2.76. The number of halogens is 1. The number of hydrogen-bond acceptors (Lipinski definition) is 3. The lowest BCUT2D eigenvalue weighted by atomic mass is 9.99. The Morgan fingerprint density at radius 3 is 2.80 bits per heavy atom.